The molecule has 0 saturated carbocycles. The Hall–Kier alpha value is -3.48. The first-order valence-electron chi connectivity index (χ1n) is 9.23. The smallest absolute Gasteiger partial charge is 0.252 e. The number of nitrogens with one attached hydrogen (secondary N) is 1. The summed E-state index contributed by atoms with van der Waals surface area (Å²) in [6.07, 6.45) is 0. The van der Waals surface area contributed by atoms with Crippen LogP contribution in [-0.2, 0) is 0 Å². The molecule has 0 atom stereocenters. The number of anilines is 3. The number of benzene rings is 2. The van der Waals surface area contributed by atoms with Crippen LogP contribution < -0.4 is 25.8 Å². The third-order valence-corrected chi connectivity index (χ3v) is 4.95. The number of ether oxygens (including phenoxy) is 1. The molecule has 3 aromatic rings. The van der Waals surface area contributed by atoms with Crippen LogP contribution in [0.15, 0.2) is 59.4 Å². The van der Waals surface area contributed by atoms with Crippen LogP contribution in [0.25, 0.3) is 11.3 Å². The average molecular weight is 377 g/mol. The first kappa shape index (κ1) is 17.9. The minimum absolute atomic E-state index is 0.156. The van der Waals surface area contributed by atoms with Crippen molar-refractivity contribution in [1.82, 2.24) is 9.97 Å². The number of methoxy groups -OCH3 is 1. The van der Waals surface area contributed by atoms with E-state index in [9.17, 15) is 4.79 Å². The van der Waals surface area contributed by atoms with Gasteiger partial charge in [-0.25, -0.2) is 4.98 Å². The van der Waals surface area contributed by atoms with E-state index in [1.54, 1.807) is 7.11 Å². The van der Waals surface area contributed by atoms with Gasteiger partial charge in [-0.15, -0.1) is 0 Å². The highest BCUT2D eigenvalue weighted by atomic mass is 16.5. The highest BCUT2D eigenvalue weighted by molar-refractivity contribution is 5.61. The lowest BCUT2D eigenvalue weighted by molar-refractivity contribution is 0.415. The molecule has 1 aliphatic heterocycles. The van der Waals surface area contributed by atoms with Crippen molar-refractivity contribution < 1.29 is 4.74 Å². The Labute approximate surface area is 163 Å². The molecule has 144 valence electrons. The van der Waals surface area contributed by atoms with E-state index in [1.165, 1.54) is 6.07 Å². The van der Waals surface area contributed by atoms with Crippen molar-refractivity contribution in [3.05, 3.63) is 65.0 Å². The Morgan fingerprint density at radius 2 is 1.61 bits per heavy atom. The van der Waals surface area contributed by atoms with Crippen LogP contribution in [0, 0.1) is 0 Å². The molecule has 1 fully saturated rings. The van der Waals surface area contributed by atoms with Gasteiger partial charge < -0.3 is 20.3 Å². The van der Waals surface area contributed by atoms with Gasteiger partial charge in [0.25, 0.3) is 5.56 Å². The highest BCUT2D eigenvalue weighted by Gasteiger charge is 2.19. The number of piperazine rings is 1. The van der Waals surface area contributed by atoms with Gasteiger partial charge in [-0.05, 0) is 48.5 Å². The third-order valence-electron chi connectivity index (χ3n) is 4.95. The van der Waals surface area contributed by atoms with E-state index in [1.807, 2.05) is 48.5 Å². The van der Waals surface area contributed by atoms with Gasteiger partial charge in [0.1, 0.15) is 5.75 Å². The van der Waals surface area contributed by atoms with Crippen LogP contribution >= 0.6 is 0 Å². The number of rotatable bonds is 4. The Morgan fingerprint density at radius 1 is 0.964 bits per heavy atom. The van der Waals surface area contributed by atoms with E-state index >= 15 is 0 Å². The molecule has 0 aliphatic carbocycles. The second-order valence-electron chi connectivity index (χ2n) is 6.75. The summed E-state index contributed by atoms with van der Waals surface area (Å²) in [5, 5.41) is 0. The molecule has 1 aliphatic rings. The first-order valence-corrected chi connectivity index (χ1v) is 9.23. The third kappa shape index (κ3) is 3.78. The van der Waals surface area contributed by atoms with E-state index in [-0.39, 0.29) is 5.56 Å². The predicted octanol–water partition coefficient (Wildman–Crippen LogP) is 2.35. The van der Waals surface area contributed by atoms with Crippen LogP contribution in [0.1, 0.15) is 0 Å². The molecule has 0 radical (unpaired) electrons. The van der Waals surface area contributed by atoms with Crippen molar-refractivity contribution in [3.8, 4) is 17.0 Å². The maximum absolute atomic E-state index is 12.2. The lowest BCUT2D eigenvalue weighted by Gasteiger charge is -2.36. The number of aromatic amines is 1. The molecule has 1 aromatic heterocycles. The fourth-order valence-electron chi connectivity index (χ4n) is 3.37. The standard InChI is InChI=1S/C21H23N5O2/c1-28-18-8-2-15(3-9-18)19-14-20(27)24-21(23-19)26-12-10-25(11-13-26)17-6-4-16(22)5-7-17/h2-9,14H,10-13,22H2,1H3,(H,23,24,27). The molecule has 0 bridgehead atoms. The lowest BCUT2D eigenvalue weighted by atomic mass is 10.1. The zero-order chi connectivity index (χ0) is 19.5. The summed E-state index contributed by atoms with van der Waals surface area (Å²) in [4.78, 5) is 24.2. The molecule has 28 heavy (non-hydrogen) atoms. The summed E-state index contributed by atoms with van der Waals surface area (Å²) in [6.45, 7) is 3.25. The topological polar surface area (TPSA) is 87.5 Å². The molecular formula is C21H23N5O2. The van der Waals surface area contributed by atoms with Gasteiger partial charge in [0, 0.05) is 49.2 Å². The Kier molecular flexibility index (Phi) is 4.89. The lowest BCUT2D eigenvalue weighted by Crippen LogP contribution is -2.47. The van der Waals surface area contributed by atoms with E-state index in [0.29, 0.717) is 11.6 Å². The summed E-state index contributed by atoms with van der Waals surface area (Å²) in [6, 6.07) is 17.0. The van der Waals surface area contributed by atoms with Crippen molar-refractivity contribution >= 4 is 17.3 Å². The largest absolute Gasteiger partial charge is 0.497 e. The molecule has 3 N–H and O–H groups in total. The number of nitrogens with zero attached hydrogens (tertiary/aromatic N) is 3. The summed E-state index contributed by atoms with van der Waals surface area (Å²) in [5.41, 5.74) is 9.07. The zero-order valence-electron chi connectivity index (χ0n) is 15.8. The van der Waals surface area contributed by atoms with E-state index in [0.717, 1.165) is 48.9 Å². The quantitative estimate of drug-likeness (QED) is 0.679. The second kappa shape index (κ2) is 7.64. The fraction of sp³-hybridized carbons (Fsp3) is 0.238. The Bertz CT molecular complexity index is 991. The molecule has 1 saturated heterocycles. The van der Waals surface area contributed by atoms with E-state index in [2.05, 4.69) is 19.8 Å². The molecule has 0 amide bonds. The van der Waals surface area contributed by atoms with Crippen molar-refractivity contribution in [2.75, 3.05) is 48.8 Å². The summed E-state index contributed by atoms with van der Waals surface area (Å²) >= 11 is 0. The first-order chi connectivity index (χ1) is 13.6. The van der Waals surface area contributed by atoms with Crippen molar-refractivity contribution in [3.63, 3.8) is 0 Å². The highest BCUT2D eigenvalue weighted by Crippen LogP contribution is 2.23. The molecule has 2 aromatic carbocycles. The minimum atomic E-state index is -0.156. The van der Waals surface area contributed by atoms with Gasteiger partial charge in [-0.3, -0.25) is 9.78 Å². The molecule has 7 heteroatoms. The number of nitrogens with two attached hydrogens (primary N) is 1. The molecule has 2 heterocycles. The van der Waals surface area contributed by atoms with Crippen LogP contribution in [-0.4, -0.2) is 43.3 Å². The average Bonchev–Trinajstić information content (AvgIpc) is 2.74. The Balaban J connectivity index is 1.51. The maximum atomic E-state index is 12.2. The monoisotopic (exact) mass is 377 g/mol. The van der Waals surface area contributed by atoms with Crippen LogP contribution in [0.5, 0.6) is 5.75 Å². The molecule has 0 unspecified atom stereocenters. The normalized spacial score (nSPS) is 14.2. The second-order valence-corrected chi connectivity index (χ2v) is 6.75. The van der Waals surface area contributed by atoms with Gasteiger partial charge in [-0.1, -0.05) is 0 Å². The van der Waals surface area contributed by atoms with E-state index in [4.69, 9.17) is 10.5 Å². The van der Waals surface area contributed by atoms with Crippen molar-refractivity contribution in [1.29, 1.82) is 0 Å². The van der Waals surface area contributed by atoms with Gasteiger partial charge in [-0.2, -0.15) is 0 Å². The molecule has 0 spiro atoms. The zero-order valence-corrected chi connectivity index (χ0v) is 15.8. The predicted molar refractivity (Wildman–Crippen MR) is 112 cm³/mol. The van der Waals surface area contributed by atoms with Crippen LogP contribution in [0.4, 0.5) is 17.3 Å². The molecular weight excluding hydrogens is 354 g/mol. The molecule has 4 rings (SSSR count). The van der Waals surface area contributed by atoms with Crippen molar-refractivity contribution in [2.24, 2.45) is 0 Å². The van der Waals surface area contributed by atoms with Gasteiger partial charge in [0.05, 0.1) is 12.8 Å². The summed E-state index contributed by atoms with van der Waals surface area (Å²) in [7, 11) is 1.63. The van der Waals surface area contributed by atoms with Gasteiger partial charge >= 0.3 is 0 Å². The van der Waals surface area contributed by atoms with Crippen molar-refractivity contribution in [2.45, 2.75) is 0 Å². The fourth-order valence-corrected chi connectivity index (χ4v) is 3.37. The number of aromatic nitrogens is 2. The summed E-state index contributed by atoms with van der Waals surface area (Å²) < 4.78 is 5.19. The van der Waals surface area contributed by atoms with Gasteiger partial charge in [0.15, 0.2) is 0 Å². The van der Waals surface area contributed by atoms with Crippen LogP contribution in [0.2, 0.25) is 0 Å². The number of hydrogen-bond acceptors (Lipinski definition) is 6. The minimum Gasteiger partial charge on any atom is -0.497 e. The SMILES string of the molecule is COc1ccc(-c2cc(=O)[nH]c(N3CCN(c4ccc(N)cc4)CC3)n2)cc1. The number of nitrogen functional groups attached to an aromatic ring is 1. The van der Waals surface area contributed by atoms with Gasteiger partial charge in [0.2, 0.25) is 5.95 Å². The number of hydrogen-bond donors (Lipinski definition) is 2. The number of H-pyrrole nitrogens is 1. The Morgan fingerprint density at radius 3 is 2.25 bits per heavy atom. The van der Waals surface area contributed by atoms with Crippen LogP contribution in [0.3, 0.4) is 0 Å². The maximum Gasteiger partial charge on any atom is 0.252 e. The van der Waals surface area contributed by atoms with E-state index < -0.39 is 0 Å². The summed E-state index contributed by atoms with van der Waals surface area (Å²) in [5.74, 6) is 1.38. The molecule has 7 nitrogen and oxygen atoms in total.